The Balaban J connectivity index is 0.000000160. The van der Waals surface area contributed by atoms with Gasteiger partial charge in [0.1, 0.15) is 0 Å². The first-order valence-corrected chi connectivity index (χ1v) is 7.36. The fourth-order valence-corrected chi connectivity index (χ4v) is 2.79. The molecule has 2 heterocycles. The van der Waals surface area contributed by atoms with Crippen molar-refractivity contribution < 1.29 is 0 Å². The molecule has 0 aliphatic heterocycles. The Morgan fingerprint density at radius 3 is 2.06 bits per heavy atom. The molecule has 2 rings (SSSR count). The Bertz CT molecular complexity index is 375. The van der Waals surface area contributed by atoms with Gasteiger partial charge in [0.15, 0.2) is 0 Å². The zero-order valence-corrected chi connectivity index (χ0v) is 12.0. The molecule has 3 heteroatoms. The maximum absolute atomic E-state index is 4.25. The van der Waals surface area contributed by atoms with Crippen LogP contribution in [0.25, 0.3) is 0 Å². The number of aryl methyl sites for hydroxylation is 4. The maximum atomic E-state index is 4.25. The normalized spacial score (nSPS) is 9.75. The molecule has 0 spiro atoms. The van der Waals surface area contributed by atoms with Gasteiger partial charge in [-0.2, -0.15) is 0 Å². The number of thiophene rings is 1. The van der Waals surface area contributed by atoms with Crippen LogP contribution in [0.2, 0.25) is 0 Å². The van der Waals surface area contributed by atoms with Crippen LogP contribution >= 0.6 is 22.7 Å². The highest BCUT2D eigenvalue weighted by Gasteiger charge is 1.91. The van der Waals surface area contributed by atoms with E-state index in [-0.39, 0.29) is 0 Å². The molecule has 0 bridgehead atoms. The van der Waals surface area contributed by atoms with Crippen molar-refractivity contribution in [2.75, 3.05) is 0 Å². The fraction of sp³-hybridized carbons (Fsp3) is 0.462. The highest BCUT2D eigenvalue weighted by Crippen LogP contribution is 2.13. The molecule has 88 valence electrons. The van der Waals surface area contributed by atoms with Crippen molar-refractivity contribution >= 4 is 22.7 Å². The van der Waals surface area contributed by atoms with Crippen molar-refractivity contribution in [2.24, 2.45) is 0 Å². The minimum Gasteiger partial charge on any atom is -0.247 e. The SMILES string of the molecule is CCc1cc(C)cs1.CCc1nc(C)cs1. The van der Waals surface area contributed by atoms with Gasteiger partial charge in [0.05, 0.1) is 5.01 Å². The molecule has 2 aromatic heterocycles. The Kier molecular flexibility index (Phi) is 5.71. The second kappa shape index (κ2) is 6.81. The van der Waals surface area contributed by atoms with E-state index < -0.39 is 0 Å². The summed E-state index contributed by atoms with van der Waals surface area (Å²) in [5, 5.41) is 5.51. The van der Waals surface area contributed by atoms with E-state index in [1.807, 2.05) is 18.3 Å². The van der Waals surface area contributed by atoms with Crippen LogP contribution in [0.3, 0.4) is 0 Å². The maximum Gasteiger partial charge on any atom is 0.0925 e. The lowest BCUT2D eigenvalue weighted by atomic mass is 10.3. The van der Waals surface area contributed by atoms with Gasteiger partial charge in [-0.1, -0.05) is 13.8 Å². The Labute approximate surface area is 106 Å². The number of thiazole rings is 1. The highest BCUT2D eigenvalue weighted by atomic mass is 32.1. The third kappa shape index (κ3) is 4.45. The average molecular weight is 253 g/mol. The van der Waals surface area contributed by atoms with Gasteiger partial charge in [0.25, 0.3) is 0 Å². The third-order valence-corrected chi connectivity index (χ3v) is 4.41. The quantitative estimate of drug-likeness (QED) is 0.760. The minimum absolute atomic E-state index is 1.07. The largest absolute Gasteiger partial charge is 0.247 e. The Morgan fingerprint density at radius 2 is 1.81 bits per heavy atom. The molecule has 0 unspecified atom stereocenters. The van der Waals surface area contributed by atoms with Crippen LogP contribution in [0.4, 0.5) is 0 Å². The molecule has 0 saturated carbocycles. The summed E-state index contributed by atoms with van der Waals surface area (Å²) in [6, 6.07) is 2.24. The minimum atomic E-state index is 1.07. The van der Waals surface area contributed by atoms with E-state index in [0.717, 1.165) is 12.1 Å². The first-order valence-electron chi connectivity index (χ1n) is 5.60. The Morgan fingerprint density at radius 1 is 1.06 bits per heavy atom. The van der Waals surface area contributed by atoms with E-state index in [1.165, 1.54) is 21.9 Å². The number of hydrogen-bond acceptors (Lipinski definition) is 3. The van der Waals surface area contributed by atoms with E-state index >= 15 is 0 Å². The van der Waals surface area contributed by atoms with Crippen LogP contribution in [0.1, 0.15) is 35.0 Å². The fourth-order valence-electron chi connectivity index (χ4n) is 1.24. The van der Waals surface area contributed by atoms with Gasteiger partial charge in [-0.15, -0.1) is 22.7 Å². The molecule has 0 fully saturated rings. The lowest BCUT2D eigenvalue weighted by molar-refractivity contribution is 1.07. The van der Waals surface area contributed by atoms with Gasteiger partial charge in [-0.05, 0) is 43.7 Å². The van der Waals surface area contributed by atoms with Crippen molar-refractivity contribution in [1.29, 1.82) is 0 Å². The van der Waals surface area contributed by atoms with Gasteiger partial charge in [-0.25, -0.2) is 4.98 Å². The van der Waals surface area contributed by atoms with E-state index in [0.29, 0.717) is 0 Å². The van der Waals surface area contributed by atoms with Gasteiger partial charge >= 0.3 is 0 Å². The molecular weight excluding hydrogens is 234 g/mol. The second-order valence-electron chi connectivity index (χ2n) is 3.68. The van der Waals surface area contributed by atoms with Gasteiger partial charge in [0, 0.05) is 16.0 Å². The lowest BCUT2D eigenvalue weighted by Gasteiger charge is -1.79. The van der Waals surface area contributed by atoms with Gasteiger partial charge < -0.3 is 0 Å². The zero-order valence-electron chi connectivity index (χ0n) is 10.4. The number of aromatic nitrogens is 1. The topological polar surface area (TPSA) is 12.9 Å². The molecular formula is C13H19NS2. The zero-order chi connectivity index (χ0) is 12.0. The van der Waals surface area contributed by atoms with Crippen LogP contribution < -0.4 is 0 Å². The van der Waals surface area contributed by atoms with Crippen LogP contribution in [0.15, 0.2) is 16.8 Å². The molecule has 0 aliphatic rings. The van der Waals surface area contributed by atoms with Gasteiger partial charge in [0.2, 0.25) is 0 Å². The first kappa shape index (κ1) is 13.4. The summed E-state index contributed by atoms with van der Waals surface area (Å²) in [7, 11) is 0. The van der Waals surface area contributed by atoms with Crippen LogP contribution in [-0.4, -0.2) is 4.98 Å². The van der Waals surface area contributed by atoms with Crippen molar-refractivity contribution in [3.8, 4) is 0 Å². The number of hydrogen-bond donors (Lipinski definition) is 0. The third-order valence-electron chi connectivity index (χ3n) is 2.10. The highest BCUT2D eigenvalue weighted by molar-refractivity contribution is 7.10. The molecule has 0 atom stereocenters. The Hall–Kier alpha value is -0.670. The standard InChI is InChI=1S/C7H10S.C6H9NS/c1-3-7-4-6(2)5-8-7;1-3-6-7-5(2)4-8-6/h4-5H,3H2,1-2H3;4H,3H2,1-2H3. The summed E-state index contributed by atoms with van der Waals surface area (Å²) in [4.78, 5) is 5.74. The predicted molar refractivity (Wildman–Crippen MR) is 74.7 cm³/mol. The molecule has 0 N–H and O–H groups in total. The number of nitrogens with zero attached hydrogens (tertiary/aromatic N) is 1. The predicted octanol–water partition coefficient (Wildman–Crippen LogP) is 4.63. The summed E-state index contributed by atoms with van der Waals surface area (Å²) in [6.07, 6.45) is 2.25. The smallest absolute Gasteiger partial charge is 0.0925 e. The van der Waals surface area contributed by atoms with Crippen LogP contribution in [0.5, 0.6) is 0 Å². The second-order valence-corrected chi connectivity index (χ2v) is 5.62. The summed E-state index contributed by atoms with van der Waals surface area (Å²) in [5.41, 5.74) is 2.54. The monoisotopic (exact) mass is 253 g/mol. The van der Waals surface area contributed by atoms with Crippen molar-refractivity contribution in [3.05, 3.63) is 38.0 Å². The molecule has 0 aliphatic carbocycles. The van der Waals surface area contributed by atoms with E-state index in [2.05, 4.69) is 42.6 Å². The van der Waals surface area contributed by atoms with E-state index in [9.17, 15) is 0 Å². The molecule has 0 saturated heterocycles. The molecule has 1 nitrogen and oxygen atoms in total. The molecule has 2 aromatic rings. The van der Waals surface area contributed by atoms with Crippen LogP contribution in [-0.2, 0) is 12.8 Å². The van der Waals surface area contributed by atoms with Crippen molar-refractivity contribution in [1.82, 2.24) is 4.98 Å². The molecule has 16 heavy (non-hydrogen) atoms. The van der Waals surface area contributed by atoms with Crippen molar-refractivity contribution in [2.45, 2.75) is 40.5 Å². The van der Waals surface area contributed by atoms with Crippen molar-refractivity contribution in [3.63, 3.8) is 0 Å². The molecule has 0 aromatic carbocycles. The lowest BCUT2D eigenvalue weighted by Crippen LogP contribution is -1.75. The van der Waals surface area contributed by atoms with E-state index in [4.69, 9.17) is 0 Å². The van der Waals surface area contributed by atoms with Gasteiger partial charge in [-0.3, -0.25) is 0 Å². The molecule has 0 radical (unpaired) electrons. The number of rotatable bonds is 2. The summed E-state index contributed by atoms with van der Waals surface area (Å²) >= 11 is 3.59. The average Bonchev–Trinajstić information content (AvgIpc) is 2.88. The first-order chi connectivity index (χ1) is 7.65. The summed E-state index contributed by atoms with van der Waals surface area (Å²) in [5.74, 6) is 0. The van der Waals surface area contributed by atoms with Crippen LogP contribution in [0, 0.1) is 13.8 Å². The summed E-state index contributed by atoms with van der Waals surface area (Å²) < 4.78 is 0. The molecule has 0 amide bonds. The van der Waals surface area contributed by atoms with E-state index in [1.54, 1.807) is 11.3 Å². The summed E-state index contributed by atoms with van der Waals surface area (Å²) in [6.45, 7) is 8.47.